The second kappa shape index (κ2) is 6.34. The predicted molar refractivity (Wildman–Crippen MR) is 109 cm³/mol. The highest BCUT2D eigenvalue weighted by Crippen LogP contribution is 2.34. The molecule has 0 saturated heterocycles. The fourth-order valence-corrected chi connectivity index (χ4v) is 3.71. The predicted octanol–water partition coefficient (Wildman–Crippen LogP) is 4.10. The molecule has 2 aromatic carbocycles. The number of para-hydroxylation sites is 1. The van der Waals surface area contributed by atoms with Gasteiger partial charge in [-0.05, 0) is 30.3 Å². The van der Waals surface area contributed by atoms with Crippen molar-refractivity contribution in [2.45, 2.75) is 6.42 Å². The number of hydrogen-bond acceptors (Lipinski definition) is 5. The Morgan fingerprint density at radius 2 is 1.86 bits per heavy atom. The SMILES string of the molecule is c1ccc2c(-c3nc4nccc(-c5ccc6c(c5)OCCCO6)n4n3)c[nH]c2c1. The molecule has 0 saturated carbocycles. The summed E-state index contributed by atoms with van der Waals surface area (Å²) in [7, 11) is 0. The van der Waals surface area contributed by atoms with Gasteiger partial charge in [-0.3, -0.25) is 0 Å². The number of benzene rings is 2. The van der Waals surface area contributed by atoms with Gasteiger partial charge >= 0.3 is 0 Å². The van der Waals surface area contributed by atoms with Crippen molar-refractivity contribution in [1.29, 1.82) is 0 Å². The quantitative estimate of drug-likeness (QED) is 0.497. The second-order valence-electron chi connectivity index (χ2n) is 6.94. The van der Waals surface area contributed by atoms with E-state index < -0.39 is 0 Å². The van der Waals surface area contributed by atoms with E-state index in [0.29, 0.717) is 24.8 Å². The number of hydrogen-bond donors (Lipinski definition) is 1. The lowest BCUT2D eigenvalue weighted by Crippen LogP contribution is -1.98. The van der Waals surface area contributed by atoms with Gasteiger partial charge in [-0.2, -0.15) is 9.50 Å². The van der Waals surface area contributed by atoms with Crippen molar-refractivity contribution in [2.75, 3.05) is 13.2 Å². The van der Waals surface area contributed by atoms with E-state index in [-0.39, 0.29) is 0 Å². The number of ether oxygens (including phenoxy) is 2. The molecule has 3 aromatic heterocycles. The molecule has 1 aliphatic heterocycles. The van der Waals surface area contributed by atoms with Crippen LogP contribution in [0.5, 0.6) is 11.5 Å². The molecule has 0 unspecified atom stereocenters. The Balaban J connectivity index is 1.50. The van der Waals surface area contributed by atoms with E-state index in [4.69, 9.17) is 14.6 Å². The standard InChI is InChI=1S/C22H17N5O2/c1-2-5-17-15(4-1)16(13-24-17)21-25-22-23-9-8-18(27(22)26-21)14-6-7-19-20(12-14)29-11-3-10-28-19/h1-2,4-9,12-13,24H,3,10-11H2. The van der Waals surface area contributed by atoms with Crippen LogP contribution in [0.2, 0.25) is 0 Å². The zero-order chi connectivity index (χ0) is 19.2. The molecule has 4 heterocycles. The molecule has 0 fully saturated rings. The maximum Gasteiger partial charge on any atom is 0.253 e. The molecule has 0 spiro atoms. The van der Waals surface area contributed by atoms with Crippen LogP contribution < -0.4 is 9.47 Å². The van der Waals surface area contributed by atoms with Gasteiger partial charge in [-0.15, -0.1) is 5.10 Å². The van der Waals surface area contributed by atoms with Gasteiger partial charge in [-0.25, -0.2) is 4.98 Å². The van der Waals surface area contributed by atoms with Crippen LogP contribution in [0.4, 0.5) is 0 Å². The highest BCUT2D eigenvalue weighted by molar-refractivity contribution is 5.93. The lowest BCUT2D eigenvalue weighted by molar-refractivity contribution is 0.297. The molecule has 0 radical (unpaired) electrons. The summed E-state index contributed by atoms with van der Waals surface area (Å²) in [6, 6.07) is 16.0. The van der Waals surface area contributed by atoms with Crippen LogP contribution in [-0.2, 0) is 0 Å². The summed E-state index contributed by atoms with van der Waals surface area (Å²) in [4.78, 5) is 12.3. The maximum atomic E-state index is 5.84. The van der Waals surface area contributed by atoms with E-state index in [9.17, 15) is 0 Å². The molecule has 0 atom stereocenters. The van der Waals surface area contributed by atoms with Crippen LogP contribution in [0, 0.1) is 0 Å². The first-order valence-electron chi connectivity index (χ1n) is 9.55. The average Bonchev–Trinajstić information content (AvgIpc) is 3.30. The van der Waals surface area contributed by atoms with Crippen molar-refractivity contribution in [3.8, 4) is 34.1 Å². The summed E-state index contributed by atoms with van der Waals surface area (Å²) < 4.78 is 13.4. The van der Waals surface area contributed by atoms with Crippen molar-refractivity contribution >= 4 is 16.7 Å². The number of aromatic amines is 1. The summed E-state index contributed by atoms with van der Waals surface area (Å²) in [6.07, 6.45) is 4.56. The minimum Gasteiger partial charge on any atom is -0.490 e. The van der Waals surface area contributed by atoms with Crippen LogP contribution in [0.3, 0.4) is 0 Å². The highest BCUT2D eigenvalue weighted by Gasteiger charge is 2.16. The van der Waals surface area contributed by atoms with Crippen molar-refractivity contribution < 1.29 is 9.47 Å². The number of aromatic nitrogens is 5. The van der Waals surface area contributed by atoms with E-state index in [2.05, 4.69) is 21.0 Å². The number of nitrogens with zero attached hydrogens (tertiary/aromatic N) is 4. The van der Waals surface area contributed by atoms with Crippen LogP contribution in [0.25, 0.3) is 39.3 Å². The molecule has 7 nitrogen and oxygen atoms in total. The minimum atomic E-state index is 0.551. The van der Waals surface area contributed by atoms with Crippen molar-refractivity contribution in [3.05, 3.63) is 60.9 Å². The van der Waals surface area contributed by atoms with Gasteiger partial charge < -0.3 is 14.5 Å². The van der Waals surface area contributed by atoms with Crippen LogP contribution in [0.15, 0.2) is 60.9 Å². The normalized spacial score (nSPS) is 13.7. The summed E-state index contributed by atoms with van der Waals surface area (Å²) >= 11 is 0. The summed E-state index contributed by atoms with van der Waals surface area (Å²) in [6.45, 7) is 1.32. The lowest BCUT2D eigenvalue weighted by Gasteiger charge is -2.10. The molecular formula is C22H17N5O2. The molecule has 29 heavy (non-hydrogen) atoms. The van der Waals surface area contributed by atoms with E-state index in [1.807, 2.05) is 48.7 Å². The third-order valence-electron chi connectivity index (χ3n) is 5.11. The van der Waals surface area contributed by atoms with E-state index in [0.717, 1.165) is 45.6 Å². The van der Waals surface area contributed by atoms with Crippen molar-refractivity contribution in [2.24, 2.45) is 0 Å². The van der Waals surface area contributed by atoms with E-state index in [1.54, 1.807) is 10.7 Å². The van der Waals surface area contributed by atoms with Crippen LogP contribution >= 0.6 is 0 Å². The van der Waals surface area contributed by atoms with Gasteiger partial charge in [0.25, 0.3) is 5.78 Å². The first-order valence-corrected chi connectivity index (χ1v) is 9.55. The zero-order valence-corrected chi connectivity index (χ0v) is 15.5. The van der Waals surface area contributed by atoms with Gasteiger partial charge in [-0.1, -0.05) is 18.2 Å². The third-order valence-corrected chi connectivity index (χ3v) is 5.11. The fourth-order valence-electron chi connectivity index (χ4n) is 3.71. The molecule has 0 bridgehead atoms. The number of fused-ring (bicyclic) bond motifs is 3. The molecular weight excluding hydrogens is 366 g/mol. The van der Waals surface area contributed by atoms with E-state index >= 15 is 0 Å². The molecule has 7 heteroatoms. The number of nitrogens with one attached hydrogen (secondary N) is 1. The summed E-state index contributed by atoms with van der Waals surface area (Å²) in [5.74, 6) is 2.71. The Kier molecular flexibility index (Phi) is 3.52. The first kappa shape index (κ1) is 16.1. The van der Waals surface area contributed by atoms with Crippen LogP contribution in [-0.4, -0.2) is 37.8 Å². The Hall–Kier alpha value is -3.87. The lowest BCUT2D eigenvalue weighted by atomic mass is 10.1. The minimum absolute atomic E-state index is 0.551. The van der Waals surface area contributed by atoms with Gasteiger partial charge in [0.2, 0.25) is 0 Å². The van der Waals surface area contributed by atoms with Crippen LogP contribution in [0.1, 0.15) is 6.42 Å². The maximum absolute atomic E-state index is 5.84. The molecule has 142 valence electrons. The monoisotopic (exact) mass is 383 g/mol. The second-order valence-corrected chi connectivity index (χ2v) is 6.94. The summed E-state index contributed by atoms with van der Waals surface area (Å²) in [5, 5.41) is 5.85. The third kappa shape index (κ3) is 2.62. The average molecular weight is 383 g/mol. The summed E-state index contributed by atoms with van der Waals surface area (Å²) in [5.41, 5.74) is 3.87. The highest BCUT2D eigenvalue weighted by atomic mass is 16.5. The number of H-pyrrole nitrogens is 1. The fraction of sp³-hybridized carbons (Fsp3) is 0.136. The Bertz CT molecular complexity index is 1350. The largest absolute Gasteiger partial charge is 0.490 e. The van der Waals surface area contributed by atoms with Gasteiger partial charge in [0.05, 0.1) is 18.9 Å². The molecule has 0 aliphatic carbocycles. The van der Waals surface area contributed by atoms with Gasteiger partial charge in [0.15, 0.2) is 17.3 Å². The van der Waals surface area contributed by atoms with Crippen molar-refractivity contribution in [3.63, 3.8) is 0 Å². The Morgan fingerprint density at radius 3 is 2.83 bits per heavy atom. The topological polar surface area (TPSA) is 77.3 Å². The van der Waals surface area contributed by atoms with Gasteiger partial charge in [0, 0.05) is 40.8 Å². The first-order chi connectivity index (χ1) is 14.4. The molecule has 5 aromatic rings. The van der Waals surface area contributed by atoms with Crippen molar-refractivity contribution in [1.82, 2.24) is 24.6 Å². The Labute approximate surface area is 165 Å². The number of rotatable bonds is 2. The molecule has 0 amide bonds. The molecule has 6 rings (SSSR count). The smallest absolute Gasteiger partial charge is 0.253 e. The Morgan fingerprint density at radius 1 is 0.966 bits per heavy atom. The van der Waals surface area contributed by atoms with Gasteiger partial charge in [0.1, 0.15) is 0 Å². The van der Waals surface area contributed by atoms with E-state index in [1.165, 1.54) is 0 Å². The molecule has 1 aliphatic rings. The molecule has 1 N–H and O–H groups in total. The zero-order valence-electron chi connectivity index (χ0n) is 15.5.